The van der Waals surface area contributed by atoms with Crippen molar-refractivity contribution in [3.05, 3.63) is 36.4 Å². The van der Waals surface area contributed by atoms with E-state index in [2.05, 4.69) is 5.32 Å². The van der Waals surface area contributed by atoms with Crippen molar-refractivity contribution >= 4 is 43.8 Å². The number of nitrogens with one attached hydrogen (secondary N) is 1. The van der Waals surface area contributed by atoms with Crippen LogP contribution in [0.15, 0.2) is 41.3 Å². The molecule has 0 aliphatic carbocycles. The van der Waals surface area contributed by atoms with Crippen molar-refractivity contribution in [2.45, 2.75) is 11.8 Å². The molecule has 18 heavy (non-hydrogen) atoms. The van der Waals surface area contributed by atoms with Crippen molar-refractivity contribution in [3.8, 4) is 0 Å². The molecule has 0 unspecified atom stereocenters. The topological polar surface area (TPSA) is 66.4 Å². The minimum Gasteiger partial charge on any atom is -0.350 e. The van der Waals surface area contributed by atoms with E-state index in [1.54, 1.807) is 37.3 Å². The van der Waals surface area contributed by atoms with Gasteiger partial charge >= 0.3 is 0 Å². The summed E-state index contributed by atoms with van der Waals surface area (Å²) in [6, 6.07) is 9.86. The van der Waals surface area contributed by atoms with E-state index in [-0.39, 0.29) is 4.90 Å². The highest BCUT2D eigenvalue weighted by atomic mass is 32.2. The van der Waals surface area contributed by atoms with E-state index in [1.807, 2.05) is 0 Å². The second-order valence-electron chi connectivity index (χ2n) is 3.81. The van der Waals surface area contributed by atoms with Crippen molar-refractivity contribution in [1.29, 1.82) is 0 Å². The Morgan fingerprint density at radius 3 is 2.39 bits per heavy atom. The molecule has 6 heteroatoms. The molecule has 0 aliphatic rings. The van der Waals surface area contributed by atoms with Crippen LogP contribution in [-0.2, 0) is 10.1 Å². The van der Waals surface area contributed by atoms with Crippen molar-refractivity contribution in [3.63, 3.8) is 0 Å². The van der Waals surface area contributed by atoms with Gasteiger partial charge in [0.2, 0.25) is 0 Å². The molecule has 2 aromatic carbocycles. The van der Waals surface area contributed by atoms with Crippen molar-refractivity contribution in [2.24, 2.45) is 0 Å². The summed E-state index contributed by atoms with van der Waals surface area (Å²) < 4.78 is 31.8. The van der Waals surface area contributed by atoms with E-state index < -0.39 is 10.1 Å². The maximum atomic E-state index is 11.3. The van der Waals surface area contributed by atoms with Crippen molar-refractivity contribution < 1.29 is 13.0 Å². The summed E-state index contributed by atoms with van der Waals surface area (Å²) in [7, 11) is -4.24. The average molecular weight is 281 g/mol. The quantitative estimate of drug-likeness (QED) is 0.654. The molecule has 0 spiro atoms. The van der Waals surface area contributed by atoms with Crippen LogP contribution >= 0.6 is 12.2 Å². The predicted octanol–water partition coefficient (Wildman–Crippen LogP) is 2.85. The van der Waals surface area contributed by atoms with Gasteiger partial charge in [-0.3, -0.25) is 4.55 Å². The highest BCUT2D eigenvalue weighted by molar-refractivity contribution is 7.86. The van der Waals surface area contributed by atoms with E-state index >= 15 is 0 Å². The first-order valence-electron chi connectivity index (χ1n) is 5.16. The molecule has 0 heterocycles. The fraction of sp³-hybridized carbons (Fsp3) is 0.0833. The molecule has 0 fully saturated rings. The largest absolute Gasteiger partial charge is 0.350 e. The molecule has 0 aliphatic heterocycles. The standard InChI is InChI=1S/C12H11NO3S2/c1-8(17)13-11-6-2-5-10-9(11)4-3-7-12(10)18(14,15)16/h2-7H,1H3,(H,13,17)(H,14,15,16). The third-order valence-electron chi connectivity index (χ3n) is 2.47. The van der Waals surface area contributed by atoms with E-state index in [9.17, 15) is 13.0 Å². The van der Waals surface area contributed by atoms with Gasteiger partial charge < -0.3 is 5.32 Å². The zero-order valence-electron chi connectivity index (χ0n) is 9.54. The molecule has 0 atom stereocenters. The van der Waals surface area contributed by atoms with E-state index in [0.29, 0.717) is 21.4 Å². The number of thiocarbonyl (C=S) groups is 1. The molecule has 94 valence electrons. The van der Waals surface area contributed by atoms with Gasteiger partial charge in [-0.25, -0.2) is 0 Å². The summed E-state index contributed by atoms with van der Waals surface area (Å²) >= 11 is 4.97. The highest BCUT2D eigenvalue weighted by Gasteiger charge is 2.14. The van der Waals surface area contributed by atoms with Gasteiger partial charge in [0.25, 0.3) is 10.1 Å². The fourth-order valence-corrected chi connectivity index (χ4v) is 2.62. The van der Waals surface area contributed by atoms with E-state index in [1.165, 1.54) is 6.07 Å². The van der Waals surface area contributed by atoms with Crippen LogP contribution in [0.1, 0.15) is 6.92 Å². The van der Waals surface area contributed by atoms with E-state index in [0.717, 1.165) is 0 Å². The molecule has 0 saturated carbocycles. The molecule has 0 radical (unpaired) electrons. The van der Waals surface area contributed by atoms with Crippen LogP contribution in [0.3, 0.4) is 0 Å². The third-order valence-corrected chi connectivity index (χ3v) is 3.48. The summed E-state index contributed by atoms with van der Waals surface area (Å²) in [4.78, 5) is 0.477. The van der Waals surface area contributed by atoms with Gasteiger partial charge in [0.1, 0.15) is 4.90 Å². The maximum absolute atomic E-state index is 11.3. The predicted molar refractivity (Wildman–Crippen MR) is 75.7 cm³/mol. The maximum Gasteiger partial charge on any atom is 0.295 e. The Kier molecular flexibility index (Phi) is 3.34. The molecule has 0 saturated heterocycles. The molecule has 2 rings (SSSR count). The second kappa shape index (κ2) is 4.64. The molecule has 0 amide bonds. The average Bonchev–Trinajstić information content (AvgIpc) is 2.26. The lowest BCUT2D eigenvalue weighted by molar-refractivity contribution is 0.484. The van der Waals surface area contributed by atoms with Gasteiger partial charge in [0.05, 0.1) is 4.99 Å². The number of fused-ring (bicyclic) bond motifs is 1. The third kappa shape index (κ3) is 2.50. The van der Waals surface area contributed by atoms with Gasteiger partial charge in [-0.1, -0.05) is 36.5 Å². The highest BCUT2D eigenvalue weighted by Crippen LogP contribution is 2.28. The van der Waals surface area contributed by atoms with Gasteiger partial charge in [-0.05, 0) is 19.1 Å². The fourth-order valence-electron chi connectivity index (χ4n) is 1.80. The summed E-state index contributed by atoms with van der Waals surface area (Å²) in [5, 5.41) is 4.13. The normalized spacial score (nSPS) is 11.4. The van der Waals surface area contributed by atoms with Crippen LogP contribution in [0.4, 0.5) is 5.69 Å². The Bertz CT molecular complexity index is 723. The number of hydrogen-bond acceptors (Lipinski definition) is 3. The molecule has 4 nitrogen and oxygen atoms in total. The zero-order chi connectivity index (χ0) is 13.3. The lowest BCUT2D eigenvalue weighted by atomic mass is 10.1. The van der Waals surface area contributed by atoms with Gasteiger partial charge in [-0.2, -0.15) is 8.42 Å². The molecular formula is C12H11NO3S2. The summed E-state index contributed by atoms with van der Waals surface area (Å²) in [5.41, 5.74) is 0.713. The Morgan fingerprint density at radius 1 is 1.17 bits per heavy atom. The lowest BCUT2D eigenvalue weighted by Crippen LogP contribution is -2.05. The van der Waals surface area contributed by atoms with Crippen LogP contribution < -0.4 is 5.32 Å². The van der Waals surface area contributed by atoms with Crippen molar-refractivity contribution in [1.82, 2.24) is 0 Å². The summed E-state index contributed by atoms with van der Waals surface area (Å²) in [6.45, 7) is 1.74. The first kappa shape index (κ1) is 12.9. The Hall–Kier alpha value is -1.50. The monoisotopic (exact) mass is 281 g/mol. The molecule has 2 N–H and O–H groups in total. The van der Waals surface area contributed by atoms with Crippen molar-refractivity contribution in [2.75, 3.05) is 5.32 Å². The first-order chi connectivity index (χ1) is 8.39. The van der Waals surface area contributed by atoms with Crippen LogP contribution in [0.2, 0.25) is 0 Å². The first-order valence-corrected chi connectivity index (χ1v) is 7.01. The van der Waals surface area contributed by atoms with E-state index in [4.69, 9.17) is 12.2 Å². The second-order valence-corrected chi connectivity index (χ2v) is 5.82. The van der Waals surface area contributed by atoms with Crippen LogP contribution in [0, 0.1) is 0 Å². The SMILES string of the molecule is CC(=S)Nc1cccc2c(S(=O)(=O)O)cccc12. The van der Waals surface area contributed by atoms with Gasteiger partial charge in [0.15, 0.2) is 0 Å². The van der Waals surface area contributed by atoms with Gasteiger partial charge in [0, 0.05) is 16.5 Å². The number of anilines is 1. The molecule has 0 aromatic heterocycles. The molecule has 0 bridgehead atoms. The van der Waals surface area contributed by atoms with Crippen LogP contribution in [0.5, 0.6) is 0 Å². The summed E-state index contributed by atoms with van der Waals surface area (Å²) in [6.07, 6.45) is 0. The zero-order valence-corrected chi connectivity index (χ0v) is 11.2. The Morgan fingerprint density at radius 2 is 1.78 bits per heavy atom. The molecule has 2 aromatic rings. The van der Waals surface area contributed by atoms with Gasteiger partial charge in [-0.15, -0.1) is 0 Å². The summed E-state index contributed by atoms with van der Waals surface area (Å²) in [5.74, 6) is 0. The number of benzene rings is 2. The Labute approximate surface area is 110 Å². The molecular weight excluding hydrogens is 270 g/mol. The Balaban J connectivity index is 2.77. The van der Waals surface area contributed by atoms with Crippen LogP contribution in [-0.4, -0.2) is 18.0 Å². The minimum absolute atomic E-state index is 0.106. The van der Waals surface area contributed by atoms with Crippen LogP contribution in [0.25, 0.3) is 10.8 Å². The lowest BCUT2D eigenvalue weighted by Gasteiger charge is -2.10. The smallest absolute Gasteiger partial charge is 0.295 e. The number of hydrogen-bond donors (Lipinski definition) is 2. The minimum atomic E-state index is -4.24. The number of rotatable bonds is 2.